The van der Waals surface area contributed by atoms with E-state index in [4.69, 9.17) is 37.4 Å². The Balaban J connectivity index is 2.19. The normalized spacial score (nSPS) is 18.9. The fourth-order valence-corrected chi connectivity index (χ4v) is 3.82. The molecule has 24 heavy (non-hydrogen) atoms. The number of methoxy groups -OCH3 is 2. The molecule has 1 aromatic rings. The maximum Gasteiger partial charge on any atom is 0.513 e. The van der Waals surface area contributed by atoms with E-state index in [1.807, 2.05) is 0 Å². The van der Waals surface area contributed by atoms with Gasteiger partial charge in [0.25, 0.3) is 0 Å². The van der Waals surface area contributed by atoms with E-state index in [0.717, 1.165) is 11.8 Å². The number of carbonyl (C=O) groups is 2. The number of rotatable bonds is 2. The maximum atomic E-state index is 12.4. The first-order valence-corrected chi connectivity index (χ1v) is 8.21. The molecule has 0 aromatic heterocycles. The van der Waals surface area contributed by atoms with Gasteiger partial charge in [-0.15, -0.1) is 0 Å². The first-order chi connectivity index (χ1) is 11.5. The maximum absolute atomic E-state index is 12.4. The number of halogens is 2. The van der Waals surface area contributed by atoms with Gasteiger partial charge in [0.1, 0.15) is 11.3 Å². The van der Waals surface area contributed by atoms with Crippen LogP contribution in [0.2, 0.25) is 10.0 Å². The van der Waals surface area contributed by atoms with Crippen LogP contribution in [-0.2, 0) is 19.0 Å². The largest absolute Gasteiger partial charge is 0.513 e. The summed E-state index contributed by atoms with van der Waals surface area (Å²) in [6.45, 7) is 0. The van der Waals surface area contributed by atoms with Crippen molar-refractivity contribution in [3.05, 3.63) is 49.6 Å². The van der Waals surface area contributed by atoms with Gasteiger partial charge >= 0.3 is 12.1 Å². The van der Waals surface area contributed by atoms with E-state index >= 15 is 0 Å². The molecule has 2 heterocycles. The van der Waals surface area contributed by atoms with Gasteiger partial charge in [-0.1, -0.05) is 35.0 Å². The van der Waals surface area contributed by atoms with Crippen LogP contribution in [0.3, 0.4) is 0 Å². The van der Waals surface area contributed by atoms with E-state index in [9.17, 15) is 9.59 Å². The van der Waals surface area contributed by atoms with Gasteiger partial charge in [0.15, 0.2) is 10.8 Å². The van der Waals surface area contributed by atoms with E-state index in [0.29, 0.717) is 15.7 Å². The van der Waals surface area contributed by atoms with Gasteiger partial charge in [-0.2, -0.15) is 0 Å². The van der Waals surface area contributed by atoms with Crippen LogP contribution in [0.5, 0.6) is 5.75 Å². The zero-order valence-electron chi connectivity index (χ0n) is 12.4. The Morgan fingerprint density at radius 1 is 1.29 bits per heavy atom. The van der Waals surface area contributed by atoms with Crippen LogP contribution in [-0.4, -0.2) is 26.3 Å². The fourth-order valence-electron chi connectivity index (χ4n) is 2.44. The van der Waals surface area contributed by atoms with E-state index in [1.54, 1.807) is 11.5 Å². The van der Waals surface area contributed by atoms with E-state index in [2.05, 4.69) is 4.74 Å². The summed E-state index contributed by atoms with van der Waals surface area (Å²) in [6, 6.07) is 3.06. The molecule has 126 valence electrons. The molecule has 1 atom stereocenters. The van der Waals surface area contributed by atoms with E-state index in [-0.39, 0.29) is 22.1 Å². The van der Waals surface area contributed by atoms with Crippen molar-refractivity contribution in [3.63, 3.8) is 0 Å². The van der Waals surface area contributed by atoms with E-state index < -0.39 is 18.0 Å². The van der Waals surface area contributed by atoms with E-state index in [1.165, 1.54) is 20.3 Å². The van der Waals surface area contributed by atoms with Crippen LogP contribution in [0.4, 0.5) is 4.79 Å². The molecule has 0 saturated heterocycles. The molecule has 0 spiro atoms. The van der Waals surface area contributed by atoms with Crippen LogP contribution in [0.25, 0.3) is 0 Å². The Morgan fingerprint density at radius 2 is 2.04 bits per heavy atom. The molecule has 9 heteroatoms. The molecule has 3 rings (SSSR count). The lowest BCUT2D eigenvalue weighted by atomic mass is 9.87. The molecule has 2 aliphatic heterocycles. The molecule has 1 unspecified atom stereocenters. The number of allylic oxidation sites excluding steroid dienone is 1. The monoisotopic (exact) mass is 388 g/mol. The highest BCUT2D eigenvalue weighted by atomic mass is 35.5. The van der Waals surface area contributed by atoms with Crippen LogP contribution in [0, 0.1) is 0 Å². The number of esters is 1. The van der Waals surface area contributed by atoms with Crippen molar-refractivity contribution >= 4 is 47.1 Å². The summed E-state index contributed by atoms with van der Waals surface area (Å²) in [5, 5.41) is 2.43. The molecule has 0 amide bonds. The van der Waals surface area contributed by atoms with Gasteiger partial charge in [0.05, 0.1) is 25.2 Å². The Bertz CT molecular complexity index is 801. The van der Waals surface area contributed by atoms with Crippen molar-refractivity contribution in [3.8, 4) is 5.75 Å². The SMILES string of the molecule is COC(=O)OC1=CSC(OC)=C2C(=O)Oc3c(Cl)cc(Cl)cc3C12. The standard InChI is InChI=1S/C15H10Cl2O6S/c1-20-14-11-10(9(5-24-14)22-15(19)21-2)7-3-6(16)4-8(17)12(7)23-13(11)18/h3-5,10H,1-2H3. The first kappa shape index (κ1) is 17.0. The zero-order chi connectivity index (χ0) is 17.4. The van der Waals surface area contributed by atoms with Crippen molar-refractivity contribution in [1.29, 1.82) is 0 Å². The summed E-state index contributed by atoms with van der Waals surface area (Å²) in [6.07, 6.45) is -0.907. The molecule has 2 aliphatic rings. The first-order valence-electron chi connectivity index (χ1n) is 6.58. The lowest BCUT2D eigenvalue weighted by molar-refractivity contribution is -0.131. The smallest absolute Gasteiger partial charge is 0.490 e. The van der Waals surface area contributed by atoms with Gasteiger partial charge < -0.3 is 18.9 Å². The van der Waals surface area contributed by atoms with Gasteiger partial charge in [0.2, 0.25) is 0 Å². The lowest BCUT2D eigenvalue weighted by Crippen LogP contribution is -2.29. The number of thioether (sulfide) groups is 1. The van der Waals surface area contributed by atoms with Crippen LogP contribution >= 0.6 is 35.0 Å². The molecule has 0 saturated carbocycles. The number of hydrogen-bond acceptors (Lipinski definition) is 7. The fraction of sp³-hybridized carbons (Fsp3) is 0.200. The summed E-state index contributed by atoms with van der Waals surface area (Å²) in [5.41, 5.74) is 0.696. The molecular formula is C15H10Cl2O6S. The van der Waals surface area contributed by atoms with Crippen molar-refractivity contribution in [1.82, 2.24) is 0 Å². The van der Waals surface area contributed by atoms with Crippen molar-refractivity contribution in [2.75, 3.05) is 14.2 Å². The second-order valence-electron chi connectivity index (χ2n) is 4.73. The molecule has 1 aromatic carbocycles. The summed E-state index contributed by atoms with van der Waals surface area (Å²) >= 11 is 13.3. The number of benzene rings is 1. The second kappa shape index (κ2) is 6.58. The number of carbonyl (C=O) groups excluding carboxylic acids is 2. The minimum atomic E-state index is -0.907. The van der Waals surface area contributed by atoms with Crippen molar-refractivity contribution in [2.24, 2.45) is 0 Å². The molecule has 0 fully saturated rings. The third-order valence-electron chi connectivity index (χ3n) is 3.39. The number of ether oxygens (including phenoxy) is 4. The quantitative estimate of drug-likeness (QED) is 0.554. The Morgan fingerprint density at radius 3 is 2.71 bits per heavy atom. The number of fused-ring (bicyclic) bond motifs is 3. The molecule has 0 radical (unpaired) electrons. The van der Waals surface area contributed by atoms with Crippen molar-refractivity contribution in [2.45, 2.75) is 5.92 Å². The van der Waals surface area contributed by atoms with Gasteiger partial charge in [-0.3, -0.25) is 0 Å². The van der Waals surface area contributed by atoms with Crippen LogP contribution in [0.15, 0.2) is 34.0 Å². The minimum absolute atomic E-state index is 0.168. The lowest BCUT2D eigenvalue weighted by Gasteiger charge is -2.31. The highest BCUT2D eigenvalue weighted by Crippen LogP contribution is 2.51. The molecular weight excluding hydrogens is 379 g/mol. The molecule has 0 bridgehead atoms. The molecule has 6 nitrogen and oxygen atoms in total. The zero-order valence-corrected chi connectivity index (χ0v) is 14.8. The van der Waals surface area contributed by atoms with Gasteiger partial charge in [-0.05, 0) is 12.1 Å². The summed E-state index contributed by atoms with van der Waals surface area (Å²) < 4.78 is 20.3. The van der Waals surface area contributed by atoms with Gasteiger partial charge in [0, 0.05) is 16.0 Å². The molecule has 0 N–H and O–H groups in total. The summed E-state index contributed by atoms with van der Waals surface area (Å²) in [4.78, 5) is 24.0. The predicted octanol–water partition coefficient (Wildman–Crippen LogP) is 4.23. The average molecular weight is 389 g/mol. The highest BCUT2D eigenvalue weighted by Gasteiger charge is 2.43. The Hall–Kier alpha value is -1.83. The second-order valence-corrected chi connectivity index (χ2v) is 6.41. The summed E-state index contributed by atoms with van der Waals surface area (Å²) in [5.74, 6) is -1.02. The van der Waals surface area contributed by atoms with Crippen molar-refractivity contribution < 1.29 is 28.5 Å². The third kappa shape index (κ3) is 2.83. The third-order valence-corrected chi connectivity index (χ3v) is 4.84. The predicted molar refractivity (Wildman–Crippen MR) is 88.0 cm³/mol. The number of hydrogen-bond donors (Lipinski definition) is 0. The Labute approximate surface area is 151 Å². The van der Waals surface area contributed by atoms with Gasteiger partial charge in [-0.25, -0.2) is 9.59 Å². The van der Waals surface area contributed by atoms with Crippen LogP contribution < -0.4 is 4.74 Å². The highest BCUT2D eigenvalue weighted by molar-refractivity contribution is 8.05. The minimum Gasteiger partial charge on any atom is -0.490 e. The topological polar surface area (TPSA) is 71.1 Å². The summed E-state index contributed by atoms with van der Waals surface area (Å²) in [7, 11) is 2.62. The van der Waals surface area contributed by atoms with Crippen LogP contribution in [0.1, 0.15) is 11.5 Å². The molecule has 0 aliphatic carbocycles. The average Bonchev–Trinajstić information content (AvgIpc) is 2.55. The Kier molecular flexibility index (Phi) is 4.67.